The summed E-state index contributed by atoms with van der Waals surface area (Å²) in [5.41, 5.74) is -0.902. The molecule has 1 fully saturated rings. The largest absolute Gasteiger partial charge is 0.375 e. The maximum Gasteiger partial charge on any atom is 0.253 e. The van der Waals surface area contributed by atoms with Crippen molar-refractivity contribution < 1.29 is 22.4 Å². The molecule has 1 saturated heterocycles. The molecule has 8 heteroatoms. The van der Waals surface area contributed by atoms with Crippen LogP contribution in [0.1, 0.15) is 12.8 Å². The predicted octanol–water partition coefficient (Wildman–Crippen LogP) is 1.33. The third kappa shape index (κ3) is 2.36. The Balaban J connectivity index is 2.21. The molecule has 0 bridgehead atoms. The Bertz CT molecular complexity index is 458. The summed E-state index contributed by atoms with van der Waals surface area (Å²) in [6.45, 7) is 0.128. The number of pyridine rings is 1. The van der Waals surface area contributed by atoms with Crippen LogP contribution >= 0.6 is 0 Å². The zero-order valence-corrected chi connectivity index (χ0v) is 9.07. The molecule has 18 heavy (non-hydrogen) atoms. The fraction of sp³-hybridized carbons (Fsp3) is 0.400. The topological polar surface area (TPSA) is 54.0 Å². The summed E-state index contributed by atoms with van der Waals surface area (Å²) in [5.74, 6) is -6.76. The molecule has 98 valence electrons. The van der Waals surface area contributed by atoms with Crippen LogP contribution in [0.25, 0.3) is 0 Å². The van der Waals surface area contributed by atoms with E-state index < -0.39 is 35.3 Å². The van der Waals surface area contributed by atoms with Crippen LogP contribution in [0.2, 0.25) is 0 Å². The molecule has 0 spiro atoms. The molecule has 1 amide bonds. The highest BCUT2D eigenvalue weighted by Crippen LogP contribution is 2.23. The van der Waals surface area contributed by atoms with Crippen LogP contribution in [0.15, 0.2) is 0 Å². The van der Waals surface area contributed by atoms with Gasteiger partial charge in [0.05, 0.1) is 0 Å². The smallest absolute Gasteiger partial charge is 0.253 e. The van der Waals surface area contributed by atoms with Crippen molar-refractivity contribution in [3.05, 3.63) is 23.5 Å². The molecule has 1 aliphatic rings. The molecule has 0 aromatic carbocycles. The first-order valence-electron chi connectivity index (χ1n) is 5.22. The molecule has 2 rings (SSSR count). The second-order valence-corrected chi connectivity index (χ2v) is 3.88. The predicted molar refractivity (Wildman–Crippen MR) is 53.7 cm³/mol. The van der Waals surface area contributed by atoms with Gasteiger partial charge >= 0.3 is 0 Å². The summed E-state index contributed by atoms with van der Waals surface area (Å²) in [5, 5.41) is 4.81. The average molecular weight is 263 g/mol. The number of nitrogens with zero attached hydrogens (tertiary/aromatic N) is 1. The van der Waals surface area contributed by atoms with Gasteiger partial charge in [0.1, 0.15) is 5.69 Å². The summed E-state index contributed by atoms with van der Waals surface area (Å²) >= 11 is 0. The van der Waals surface area contributed by atoms with Gasteiger partial charge in [-0.25, -0.2) is 0 Å². The Morgan fingerprint density at radius 3 is 2.28 bits per heavy atom. The molecule has 1 atom stereocenters. The lowest BCUT2D eigenvalue weighted by atomic mass is 10.1. The number of hydrogen-bond acceptors (Lipinski definition) is 3. The third-order valence-electron chi connectivity index (χ3n) is 2.61. The van der Waals surface area contributed by atoms with E-state index in [1.165, 1.54) is 0 Å². The fourth-order valence-electron chi connectivity index (χ4n) is 1.67. The second-order valence-electron chi connectivity index (χ2n) is 3.88. The molecule has 4 nitrogen and oxygen atoms in total. The van der Waals surface area contributed by atoms with Gasteiger partial charge in [0.2, 0.25) is 17.5 Å². The molecule has 0 aliphatic carbocycles. The molecular formula is C10H9F4N3O. The quantitative estimate of drug-likeness (QED) is 0.625. The normalized spacial score (nSPS) is 19.6. The number of nitrogens with one attached hydrogen (secondary N) is 2. The second kappa shape index (κ2) is 4.79. The van der Waals surface area contributed by atoms with Crippen molar-refractivity contribution >= 4 is 11.6 Å². The molecular weight excluding hydrogens is 254 g/mol. The Kier molecular flexibility index (Phi) is 3.35. The summed E-state index contributed by atoms with van der Waals surface area (Å²) in [6.07, 6.45) is 0.493. The van der Waals surface area contributed by atoms with Crippen molar-refractivity contribution in [3.63, 3.8) is 0 Å². The van der Waals surface area contributed by atoms with Crippen LogP contribution < -0.4 is 10.6 Å². The fourth-order valence-corrected chi connectivity index (χ4v) is 1.67. The molecule has 2 heterocycles. The molecule has 1 aromatic heterocycles. The lowest BCUT2D eigenvalue weighted by Gasteiger charge is -2.24. The average Bonchev–Trinajstić information content (AvgIpc) is 2.34. The zero-order valence-electron chi connectivity index (χ0n) is 9.07. The van der Waals surface area contributed by atoms with Crippen LogP contribution in [0, 0.1) is 23.5 Å². The molecule has 1 aromatic rings. The van der Waals surface area contributed by atoms with E-state index in [0.29, 0.717) is 6.42 Å². The van der Waals surface area contributed by atoms with Crippen LogP contribution in [-0.4, -0.2) is 23.5 Å². The van der Waals surface area contributed by atoms with E-state index in [4.69, 9.17) is 0 Å². The maximum atomic E-state index is 13.3. The first-order valence-corrected chi connectivity index (χ1v) is 5.22. The van der Waals surface area contributed by atoms with E-state index in [9.17, 15) is 22.4 Å². The van der Waals surface area contributed by atoms with E-state index in [1.807, 2.05) is 0 Å². The minimum atomic E-state index is -1.71. The SMILES string of the molecule is O=C1CCC(Nc2c(F)c(F)nc(F)c2F)CN1. The van der Waals surface area contributed by atoms with Crippen molar-refractivity contribution in [2.75, 3.05) is 11.9 Å². The summed E-state index contributed by atoms with van der Waals surface area (Å²) in [4.78, 5) is 13.3. The molecule has 0 saturated carbocycles. The number of aromatic nitrogens is 1. The lowest BCUT2D eigenvalue weighted by molar-refractivity contribution is -0.122. The zero-order chi connectivity index (χ0) is 13.3. The van der Waals surface area contributed by atoms with E-state index >= 15 is 0 Å². The highest BCUT2D eigenvalue weighted by molar-refractivity contribution is 5.77. The maximum absolute atomic E-state index is 13.3. The Labute approximate surface area is 99.4 Å². The van der Waals surface area contributed by atoms with E-state index in [-0.39, 0.29) is 18.9 Å². The number of halogens is 4. The molecule has 0 radical (unpaired) electrons. The van der Waals surface area contributed by atoms with Crippen LogP contribution in [0.4, 0.5) is 23.2 Å². The van der Waals surface area contributed by atoms with Gasteiger partial charge in [-0.2, -0.15) is 22.5 Å². The van der Waals surface area contributed by atoms with E-state index in [1.54, 1.807) is 0 Å². The minimum Gasteiger partial charge on any atom is -0.375 e. The number of amides is 1. The van der Waals surface area contributed by atoms with E-state index in [0.717, 1.165) is 0 Å². The molecule has 1 aliphatic heterocycles. The Morgan fingerprint density at radius 2 is 1.78 bits per heavy atom. The van der Waals surface area contributed by atoms with Gasteiger partial charge in [-0.1, -0.05) is 0 Å². The van der Waals surface area contributed by atoms with Crippen LogP contribution in [0.3, 0.4) is 0 Å². The Morgan fingerprint density at radius 1 is 1.17 bits per heavy atom. The van der Waals surface area contributed by atoms with Gasteiger partial charge in [-0.15, -0.1) is 0 Å². The molecule has 1 unspecified atom stereocenters. The number of hydrogen-bond donors (Lipinski definition) is 2. The minimum absolute atomic E-state index is 0.128. The van der Waals surface area contributed by atoms with Gasteiger partial charge in [0.15, 0.2) is 0 Å². The highest BCUT2D eigenvalue weighted by Gasteiger charge is 2.25. The van der Waals surface area contributed by atoms with Crippen LogP contribution in [-0.2, 0) is 4.79 Å². The van der Waals surface area contributed by atoms with Crippen molar-refractivity contribution in [3.8, 4) is 0 Å². The first-order chi connectivity index (χ1) is 8.49. The van der Waals surface area contributed by atoms with Crippen molar-refractivity contribution in [2.45, 2.75) is 18.9 Å². The first kappa shape index (κ1) is 12.6. The van der Waals surface area contributed by atoms with Crippen molar-refractivity contribution in [1.82, 2.24) is 10.3 Å². The van der Waals surface area contributed by atoms with Gasteiger partial charge in [-0.05, 0) is 6.42 Å². The number of carbonyl (C=O) groups is 1. The lowest BCUT2D eigenvalue weighted by Crippen LogP contribution is -2.42. The summed E-state index contributed by atoms with van der Waals surface area (Å²) in [6, 6.07) is -0.493. The van der Waals surface area contributed by atoms with Crippen molar-refractivity contribution in [1.29, 1.82) is 0 Å². The summed E-state index contributed by atoms with van der Waals surface area (Å²) in [7, 11) is 0. The van der Waals surface area contributed by atoms with Crippen molar-refractivity contribution in [2.24, 2.45) is 0 Å². The third-order valence-corrected chi connectivity index (χ3v) is 2.61. The van der Waals surface area contributed by atoms with Gasteiger partial charge in [0, 0.05) is 19.0 Å². The molecule has 2 N–H and O–H groups in total. The van der Waals surface area contributed by atoms with Gasteiger partial charge in [-0.3, -0.25) is 4.79 Å². The number of rotatable bonds is 2. The van der Waals surface area contributed by atoms with E-state index in [2.05, 4.69) is 15.6 Å². The van der Waals surface area contributed by atoms with Crippen LogP contribution in [0.5, 0.6) is 0 Å². The monoisotopic (exact) mass is 263 g/mol. The highest BCUT2D eigenvalue weighted by atomic mass is 19.2. The number of carbonyl (C=O) groups excluding carboxylic acids is 1. The summed E-state index contributed by atoms with van der Waals surface area (Å²) < 4.78 is 52.2. The number of piperidine rings is 1. The number of anilines is 1. The van der Waals surface area contributed by atoms with Gasteiger partial charge < -0.3 is 10.6 Å². The Hall–Kier alpha value is -1.86. The van der Waals surface area contributed by atoms with Gasteiger partial charge in [0.25, 0.3) is 11.9 Å². The standard InChI is InChI=1S/C10H9F4N3O/c11-6-8(7(12)10(14)17-9(6)13)16-4-1-2-5(18)15-3-4/h4H,1-3H2,(H,15,18)(H,16,17).